The minimum atomic E-state index is 0.565. The Morgan fingerprint density at radius 2 is 2.00 bits per heavy atom. The molecule has 0 aliphatic rings. The molecule has 0 unspecified atom stereocenters. The maximum atomic E-state index is 5.05. The minimum Gasteiger partial charge on any atom is -0.372 e. The fraction of sp³-hybridized carbons (Fsp3) is 0.455. The van der Waals surface area contributed by atoms with Crippen LogP contribution in [-0.2, 0) is 4.84 Å². The molecule has 1 aromatic heterocycles. The number of hydrogen-bond donors (Lipinski definition) is 2. The summed E-state index contributed by atoms with van der Waals surface area (Å²) in [6.45, 7) is 10.1. The number of nitrogens with one attached hydrogen (secondary N) is 2. The Morgan fingerprint density at radius 3 is 2.50 bits per heavy atom. The molecule has 1 aromatic rings. The quantitative estimate of drug-likeness (QED) is 0.753. The van der Waals surface area contributed by atoms with Gasteiger partial charge in [0.25, 0.3) is 0 Å². The van der Waals surface area contributed by atoms with Crippen LogP contribution in [0.1, 0.15) is 26.3 Å². The van der Waals surface area contributed by atoms with Crippen molar-refractivity contribution in [3.63, 3.8) is 0 Å². The number of rotatable bonds is 5. The third-order valence-corrected chi connectivity index (χ3v) is 1.64. The predicted molar refractivity (Wildman–Crippen MR) is 68.3 cm³/mol. The molecule has 0 spiro atoms. The lowest BCUT2D eigenvalue weighted by molar-refractivity contribution is 0.209. The molecule has 0 aliphatic carbocycles. The van der Waals surface area contributed by atoms with Gasteiger partial charge in [-0.1, -0.05) is 26.5 Å². The number of hydrogen-bond acceptors (Lipinski definition) is 5. The van der Waals surface area contributed by atoms with Crippen LogP contribution in [0.4, 0.5) is 11.6 Å². The van der Waals surface area contributed by atoms with E-state index in [4.69, 9.17) is 4.84 Å². The lowest BCUT2D eigenvalue weighted by atomic mass is 10.3. The molecule has 2 N–H and O–H groups in total. The van der Waals surface area contributed by atoms with Crippen molar-refractivity contribution >= 4 is 17.7 Å². The summed E-state index contributed by atoms with van der Waals surface area (Å²) in [5.41, 5.74) is 3.52. The Morgan fingerprint density at radius 1 is 1.38 bits per heavy atom. The van der Waals surface area contributed by atoms with E-state index >= 15 is 0 Å². The molecule has 90 valence electrons. The molecule has 1 heterocycles. The van der Waals surface area contributed by atoms with Crippen LogP contribution in [0, 0.1) is 0 Å². The molecule has 0 saturated heterocycles. The molecule has 0 amide bonds. The van der Waals surface area contributed by atoms with Crippen LogP contribution in [-0.4, -0.2) is 23.6 Å². The van der Waals surface area contributed by atoms with E-state index < -0.39 is 0 Å². The van der Waals surface area contributed by atoms with Gasteiger partial charge in [-0.3, -0.25) is 4.84 Å². The second-order valence-corrected chi connectivity index (χ2v) is 2.47. The monoisotopic (exact) mass is 224 g/mol. The van der Waals surface area contributed by atoms with E-state index in [-0.39, 0.29) is 0 Å². The van der Waals surface area contributed by atoms with Crippen LogP contribution in [0.3, 0.4) is 0 Å². The van der Waals surface area contributed by atoms with Gasteiger partial charge in [0.2, 0.25) is 0 Å². The summed E-state index contributed by atoms with van der Waals surface area (Å²) >= 11 is 0. The fourth-order valence-electron chi connectivity index (χ4n) is 1.01. The lowest BCUT2D eigenvalue weighted by Gasteiger charge is -2.09. The van der Waals surface area contributed by atoms with Crippen molar-refractivity contribution in [3.8, 4) is 0 Å². The number of anilines is 2. The van der Waals surface area contributed by atoms with Gasteiger partial charge in [0.1, 0.15) is 12.1 Å². The molecule has 0 radical (unpaired) electrons. The lowest BCUT2D eigenvalue weighted by Crippen LogP contribution is -2.06. The second-order valence-electron chi connectivity index (χ2n) is 2.47. The highest BCUT2D eigenvalue weighted by Gasteiger charge is 2.06. The summed E-state index contributed by atoms with van der Waals surface area (Å²) in [6.07, 6.45) is 3.13. The van der Waals surface area contributed by atoms with Crippen molar-refractivity contribution in [1.29, 1.82) is 0 Å². The van der Waals surface area contributed by atoms with Crippen LogP contribution < -0.4 is 10.8 Å². The van der Waals surface area contributed by atoms with E-state index in [9.17, 15) is 0 Å². The normalized spacial score (nSPS) is 8.75. The van der Waals surface area contributed by atoms with Gasteiger partial charge in [0, 0.05) is 7.05 Å². The molecule has 0 fully saturated rings. The van der Waals surface area contributed by atoms with Crippen molar-refractivity contribution in [2.45, 2.75) is 20.8 Å². The van der Waals surface area contributed by atoms with Gasteiger partial charge < -0.3 is 5.32 Å². The predicted octanol–water partition coefficient (Wildman–Crippen LogP) is 2.55. The van der Waals surface area contributed by atoms with Crippen molar-refractivity contribution in [2.75, 3.05) is 24.5 Å². The Labute approximate surface area is 96.9 Å². The first kappa shape index (κ1) is 14.4. The summed E-state index contributed by atoms with van der Waals surface area (Å²) in [5, 5.41) is 2.95. The molecular weight excluding hydrogens is 204 g/mol. The first-order valence-corrected chi connectivity index (χ1v) is 5.36. The molecule has 0 saturated carbocycles. The summed E-state index contributed by atoms with van der Waals surface area (Å²) in [6, 6.07) is 0. The molecule has 1 rings (SSSR count). The summed E-state index contributed by atoms with van der Waals surface area (Å²) in [5.74, 6) is 1.33. The maximum absolute atomic E-state index is 5.05. The van der Waals surface area contributed by atoms with Crippen molar-refractivity contribution in [2.24, 2.45) is 0 Å². The Bertz CT molecular complexity index is 315. The molecule has 0 aromatic carbocycles. The molecule has 5 heteroatoms. The van der Waals surface area contributed by atoms with Crippen molar-refractivity contribution in [1.82, 2.24) is 9.97 Å². The van der Waals surface area contributed by atoms with Gasteiger partial charge in [-0.2, -0.15) is 0 Å². The summed E-state index contributed by atoms with van der Waals surface area (Å²) in [4.78, 5) is 13.1. The Balaban J connectivity index is 0.00000106. The number of nitrogens with zero attached hydrogens (tertiary/aromatic N) is 2. The molecule has 5 nitrogen and oxygen atoms in total. The van der Waals surface area contributed by atoms with Crippen LogP contribution >= 0.6 is 0 Å². The van der Waals surface area contributed by atoms with Crippen molar-refractivity contribution < 1.29 is 4.84 Å². The minimum absolute atomic E-state index is 0.565. The second kappa shape index (κ2) is 8.67. The average molecular weight is 224 g/mol. The van der Waals surface area contributed by atoms with Crippen LogP contribution in [0.5, 0.6) is 0 Å². The Kier molecular flexibility index (Phi) is 7.79. The van der Waals surface area contributed by atoms with Gasteiger partial charge in [-0.05, 0) is 6.92 Å². The standard InChI is InChI=1S/C9H14N4O.C2H6/c1-4-7-8(10-3)11-6-12-9(7)13-14-5-2;1-2/h4,6H,1,5H2,2-3H3,(H2,10,11,12,13);1-2H3. The SMILES string of the molecule is C=Cc1c(NC)ncnc1NOCC.CC. The third-order valence-electron chi connectivity index (χ3n) is 1.64. The van der Waals surface area contributed by atoms with Gasteiger partial charge in [-0.25, -0.2) is 15.4 Å². The highest BCUT2D eigenvalue weighted by molar-refractivity contribution is 5.71. The topological polar surface area (TPSA) is 59.1 Å². The van der Waals surface area contributed by atoms with E-state index in [1.807, 2.05) is 20.8 Å². The van der Waals surface area contributed by atoms with E-state index in [2.05, 4.69) is 27.3 Å². The van der Waals surface area contributed by atoms with Gasteiger partial charge in [0.05, 0.1) is 12.2 Å². The number of aromatic nitrogens is 2. The zero-order valence-electron chi connectivity index (χ0n) is 10.4. The Hall–Kier alpha value is -1.62. The van der Waals surface area contributed by atoms with Crippen LogP contribution in [0.2, 0.25) is 0 Å². The summed E-state index contributed by atoms with van der Waals surface area (Å²) in [7, 11) is 1.79. The zero-order chi connectivity index (χ0) is 12.4. The van der Waals surface area contributed by atoms with Gasteiger partial charge in [-0.15, -0.1) is 0 Å². The first-order valence-electron chi connectivity index (χ1n) is 5.36. The van der Waals surface area contributed by atoms with Gasteiger partial charge in [0.15, 0.2) is 5.82 Å². The maximum Gasteiger partial charge on any atom is 0.162 e. The van der Waals surface area contributed by atoms with Crippen LogP contribution in [0.25, 0.3) is 6.08 Å². The fourth-order valence-corrected chi connectivity index (χ4v) is 1.01. The highest BCUT2D eigenvalue weighted by atomic mass is 16.6. The molecular formula is C11H20N4O. The van der Waals surface area contributed by atoms with E-state index in [1.165, 1.54) is 6.33 Å². The highest BCUT2D eigenvalue weighted by Crippen LogP contribution is 2.20. The largest absolute Gasteiger partial charge is 0.372 e. The summed E-state index contributed by atoms with van der Waals surface area (Å²) < 4.78 is 0. The van der Waals surface area contributed by atoms with E-state index in [1.54, 1.807) is 13.1 Å². The van der Waals surface area contributed by atoms with Crippen molar-refractivity contribution in [3.05, 3.63) is 18.5 Å². The smallest absolute Gasteiger partial charge is 0.162 e. The molecule has 0 atom stereocenters. The van der Waals surface area contributed by atoms with E-state index in [0.717, 1.165) is 11.4 Å². The third kappa shape index (κ3) is 3.86. The molecule has 0 bridgehead atoms. The van der Waals surface area contributed by atoms with E-state index in [0.29, 0.717) is 12.4 Å². The first-order chi connectivity index (χ1) is 7.83. The van der Waals surface area contributed by atoms with Crippen LogP contribution in [0.15, 0.2) is 12.9 Å². The van der Waals surface area contributed by atoms with Gasteiger partial charge >= 0.3 is 0 Å². The zero-order valence-corrected chi connectivity index (χ0v) is 10.4. The average Bonchev–Trinajstić information content (AvgIpc) is 2.37. The molecule has 16 heavy (non-hydrogen) atoms. The molecule has 0 aliphatic heterocycles.